The molecule has 0 radical (unpaired) electrons. The van der Waals surface area contributed by atoms with Gasteiger partial charge in [0.25, 0.3) is 0 Å². The molecule has 1 aliphatic rings. The van der Waals surface area contributed by atoms with Gasteiger partial charge in [-0.25, -0.2) is 0 Å². The van der Waals surface area contributed by atoms with E-state index in [9.17, 15) is 0 Å². The van der Waals surface area contributed by atoms with Gasteiger partial charge < -0.3 is 10.1 Å². The van der Waals surface area contributed by atoms with Gasteiger partial charge in [-0.1, -0.05) is 33.1 Å². The van der Waals surface area contributed by atoms with Crippen molar-refractivity contribution in [3.05, 3.63) is 0 Å². The van der Waals surface area contributed by atoms with Crippen molar-refractivity contribution in [2.75, 3.05) is 26.3 Å². The predicted octanol–water partition coefficient (Wildman–Crippen LogP) is 2.83. The molecular weight excluding hydrogens is 186 g/mol. The van der Waals surface area contributed by atoms with Crippen LogP contribution in [0, 0.1) is 11.8 Å². The molecule has 2 heteroatoms. The Morgan fingerprint density at radius 1 is 1.40 bits per heavy atom. The summed E-state index contributed by atoms with van der Waals surface area (Å²) in [4.78, 5) is 0. The third kappa shape index (κ3) is 5.53. The normalized spacial score (nSPS) is 23.2. The summed E-state index contributed by atoms with van der Waals surface area (Å²) in [6.07, 6.45) is 6.57. The first-order valence-electron chi connectivity index (χ1n) is 6.65. The molecule has 1 N–H and O–H groups in total. The van der Waals surface area contributed by atoms with Gasteiger partial charge in [-0.15, -0.1) is 0 Å². The smallest absolute Gasteiger partial charge is 0.0507 e. The molecule has 15 heavy (non-hydrogen) atoms. The highest BCUT2D eigenvalue weighted by molar-refractivity contribution is 4.70. The number of hydrogen-bond donors (Lipinski definition) is 1. The zero-order chi connectivity index (χ0) is 10.9. The molecule has 0 saturated carbocycles. The fourth-order valence-corrected chi connectivity index (χ4v) is 2.16. The average Bonchev–Trinajstić information content (AvgIpc) is 2.76. The topological polar surface area (TPSA) is 21.3 Å². The molecule has 1 fully saturated rings. The lowest BCUT2D eigenvalue weighted by Gasteiger charge is -2.16. The first-order chi connectivity index (χ1) is 7.36. The van der Waals surface area contributed by atoms with Crippen LogP contribution in [-0.4, -0.2) is 26.3 Å². The Hall–Kier alpha value is -0.0800. The minimum Gasteiger partial charge on any atom is -0.381 e. The van der Waals surface area contributed by atoms with E-state index in [0.717, 1.165) is 31.6 Å². The summed E-state index contributed by atoms with van der Waals surface area (Å²) in [6.45, 7) is 8.83. The summed E-state index contributed by atoms with van der Waals surface area (Å²) in [5.74, 6) is 1.56. The Kier molecular flexibility index (Phi) is 7.03. The van der Waals surface area contributed by atoms with Crippen molar-refractivity contribution in [3.8, 4) is 0 Å². The second-order valence-corrected chi connectivity index (χ2v) is 4.81. The van der Waals surface area contributed by atoms with Crippen molar-refractivity contribution in [3.63, 3.8) is 0 Å². The van der Waals surface area contributed by atoms with E-state index in [1.54, 1.807) is 0 Å². The summed E-state index contributed by atoms with van der Waals surface area (Å²) < 4.78 is 5.83. The highest BCUT2D eigenvalue weighted by atomic mass is 16.5. The predicted molar refractivity (Wildman–Crippen MR) is 65.1 cm³/mol. The van der Waals surface area contributed by atoms with Crippen LogP contribution in [0.25, 0.3) is 0 Å². The third-order valence-corrected chi connectivity index (χ3v) is 3.41. The van der Waals surface area contributed by atoms with E-state index < -0.39 is 0 Å². The molecule has 1 aliphatic heterocycles. The van der Waals surface area contributed by atoms with Crippen LogP contribution in [0.3, 0.4) is 0 Å². The monoisotopic (exact) mass is 213 g/mol. The maximum atomic E-state index is 5.83. The number of unbranched alkanes of at least 4 members (excludes halogenated alkanes) is 1. The lowest BCUT2D eigenvalue weighted by Crippen LogP contribution is -2.17. The van der Waals surface area contributed by atoms with Gasteiger partial charge in [0.1, 0.15) is 0 Å². The second kappa shape index (κ2) is 8.12. The summed E-state index contributed by atoms with van der Waals surface area (Å²) >= 11 is 0. The Bertz CT molecular complexity index is 143. The number of ether oxygens (including phenoxy) is 1. The van der Waals surface area contributed by atoms with E-state index in [2.05, 4.69) is 19.2 Å². The van der Waals surface area contributed by atoms with E-state index in [0.29, 0.717) is 0 Å². The van der Waals surface area contributed by atoms with Crippen LogP contribution in [0.15, 0.2) is 0 Å². The van der Waals surface area contributed by atoms with Gasteiger partial charge >= 0.3 is 0 Å². The molecule has 90 valence electrons. The SMILES string of the molecule is CCCCC(CC)COCC1CCNC1. The van der Waals surface area contributed by atoms with E-state index in [-0.39, 0.29) is 0 Å². The van der Waals surface area contributed by atoms with Crippen LogP contribution < -0.4 is 5.32 Å². The Balaban J connectivity index is 2.00. The number of hydrogen-bond acceptors (Lipinski definition) is 2. The van der Waals surface area contributed by atoms with Crippen molar-refractivity contribution in [1.82, 2.24) is 5.32 Å². The van der Waals surface area contributed by atoms with Gasteiger partial charge in [-0.3, -0.25) is 0 Å². The van der Waals surface area contributed by atoms with Crippen LogP contribution in [0.1, 0.15) is 46.0 Å². The van der Waals surface area contributed by atoms with Gasteiger partial charge in [0.2, 0.25) is 0 Å². The molecular formula is C13H27NO. The highest BCUT2D eigenvalue weighted by Gasteiger charge is 2.15. The standard InChI is InChI=1S/C13H27NO/c1-3-5-6-12(4-2)10-15-11-13-7-8-14-9-13/h12-14H,3-11H2,1-2H3. The van der Waals surface area contributed by atoms with Crippen LogP contribution in [0.5, 0.6) is 0 Å². The molecule has 2 unspecified atom stereocenters. The summed E-state index contributed by atoms with van der Waals surface area (Å²) in [5.41, 5.74) is 0. The van der Waals surface area contributed by atoms with Gasteiger partial charge in [0, 0.05) is 13.2 Å². The van der Waals surface area contributed by atoms with E-state index in [1.165, 1.54) is 38.6 Å². The molecule has 0 spiro atoms. The average molecular weight is 213 g/mol. The zero-order valence-electron chi connectivity index (χ0n) is 10.4. The van der Waals surface area contributed by atoms with Crippen LogP contribution >= 0.6 is 0 Å². The van der Waals surface area contributed by atoms with E-state index in [1.807, 2.05) is 0 Å². The fourth-order valence-electron chi connectivity index (χ4n) is 2.16. The molecule has 1 saturated heterocycles. The van der Waals surface area contributed by atoms with Gasteiger partial charge in [0.05, 0.1) is 6.61 Å². The summed E-state index contributed by atoms with van der Waals surface area (Å²) in [6, 6.07) is 0. The minimum atomic E-state index is 0.772. The van der Waals surface area contributed by atoms with Crippen molar-refractivity contribution < 1.29 is 4.74 Å². The quantitative estimate of drug-likeness (QED) is 0.669. The molecule has 1 heterocycles. The molecule has 0 aromatic heterocycles. The highest BCUT2D eigenvalue weighted by Crippen LogP contribution is 2.14. The first kappa shape index (κ1) is 13.0. The fraction of sp³-hybridized carbons (Fsp3) is 1.00. The van der Waals surface area contributed by atoms with Crippen molar-refractivity contribution in [1.29, 1.82) is 0 Å². The second-order valence-electron chi connectivity index (χ2n) is 4.81. The van der Waals surface area contributed by atoms with Crippen LogP contribution in [0.2, 0.25) is 0 Å². The molecule has 0 amide bonds. The lowest BCUT2D eigenvalue weighted by atomic mass is 10.0. The summed E-state index contributed by atoms with van der Waals surface area (Å²) in [5, 5.41) is 3.38. The molecule has 0 bridgehead atoms. The molecule has 2 atom stereocenters. The van der Waals surface area contributed by atoms with Crippen LogP contribution in [0.4, 0.5) is 0 Å². The van der Waals surface area contributed by atoms with Crippen LogP contribution in [-0.2, 0) is 4.74 Å². The van der Waals surface area contributed by atoms with Gasteiger partial charge in [-0.2, -0.15) is 0 Å². The van der Waals surface area contributed by atoms with Crippen molar-refractivity contribution >= 4 is 0 Å². The Morgan fingerprint density at radius 2 is 2.27 bits per heavy atom. The minimum absolute atomic E-state index is 0.772. The van der Waals surface area contributed by atoms with E-state index in [4.69, 9.17) is 4.74 Å². The molecule has 1 rings (SSSR count). The number of nitrogens with one attached hydrogen (secondary N) is 1. The lowest BCUT2D eigenvalue weighted by molar-refractivity contribution is 0.0714. The van der Waals surface area contributed by atoms with Gasteiger partial charge in [-0.05, 0) is 31.2 Å². The zero-order valence-corrected chi connectivity index (χ0v) is 10.4. The van der Waals surface area contributed by atoms with E-state index >= 15 is 0 Å². The Morgan fingerprint density at radius 3 is 2.87 bits per heavy atom. The summed E-state index contributed by atoms with van der Waals surface area (Å²) in [7, 11) is 0. The largest absolute Gasteiger partial charge is 0.381 e. The molecule has 0 aromatic carbocycles. The van der Waals surface area contributed by atoms with Crippen molar-refractivity contribution in [2.24, 2.45) is 11.8 Å². The molecule has 0 aliphatic carbocycles. The molecule has 2 nitrogen and oxygen atoms in total. The first-order valence-corrected chi connectivity index (χ1v) is 6.65. The maximum Gasteiger partial charge on any atom is 0.0507 e. The third-order valence-electron chi connectivity index (χ3n) is 3.41. The molecule has 0 aromatic rings. The number of rotatable bonds is 8. The van der Waals surface area contributed by atoms with Gasteiger partial charge in [0.15, 0.2) is 0 Å². The maximum absolute atomic E-state index is 5.83. The van der Waals surface area contributed by atoms with Crippen molar-refractivity contribution in [2.45, 2.75) is 46.0 Å². The Labute approximate surface area is 94.8 Å².